The highest BCUT2D eigenvalue weighted by Gasteiger charge is 1.99. The molecule has 0 aliphatic carbocycles. The van der Waals surface area contributed by atoms with Crippen molar-refractivity contribution in [2.75, 3.05) is 0 Å². The number of aromatic amines is 1. The first-order chi connectivity index (χ1) is 4.92. The van der Waals surface area contributed by atoms with Crippen molar-refractivity contribution in [3.05, 3.63) is 18.5 Å². The number of nitrogens with one attached hydrogen (secondary N) is 1. The molecule has 0 amide bonds. The summed E-state index contributed by atoms with van der Waals surface area (Å²) in [7, 11) is 0. The van der Waals surface area contributed by atoms with E-state index in [1.54, 1.807) is 18.5 Å². The van der Waals surface area contributed by atoms with Crippen LogP contribution in [0.5, 0.6) is 0 Å². The van der Waals surface area contributed by atoms with E-state index in [4.69, 9.17) is 0 Å². The average Bonchev–Trinajstić information content (AvgIpc) is 2.44. The summed E-state index contributed by atoms with van der Waals surface area (Å²) in [5.74, 6) is 0. The third kappa shape index (κ3) is 0.500. The van der Waals surface area contributed by atoms with Crippen LogP contribution in [0, 0.1) is 0 Å². The summed E-state index contributed by atoms with van der Waals surface area (Å²) in [6.45, 7) is 0. The van der Waals surface area contributed by atoms with Crippen LogP contribution in [0.4, 0.5) is 0 Å². The second kappa shape index (κ2) is 1.70. The van der Waals surface area contributed by atoms with Crippen molar-refractivity contribution >= 4 is 17.4 Å². The van der Waals surface area contributed by atoms with E-state index < -0.39 is 0 Å². The van der Waals surface area contributed by atoms with Crippen molar-refractivity contribution in [1.29, 1.82) is 0 Å². The third-order valence-corrected chi connectivity index (χ3v) is 1.41. The highest BCUT2D eigenvalue weighted by atomic mass is 16.1. The maximum atomic E-state index is 10.3. The molecule has 0 aliphatic heterocycles. The van der Waals surface area contributed by atoms with Crippen LogP contribution >= 0.6 is 0 Å². The van der Waals surface area contributed by atoms with Gasteiger partial charge in [0.15, 0.2) is 0 Å². The Labute approximate surface area is 56.5 Å². The first-order valence-electron chi connectivity index (χ1n) is 2.88. The van der Waals surface area contributed by atoms with Gasteiger partial charge in [-0.25, -0.2) is 4.68 Å². The lowest BCUT2D eigenvalue weighted by Gasteiger charge is -1.82. The van der Waals surface area contributed by atoms with E-state index in [0.717, 1.165) is 11.0 Å². The molecule has 4 nitrogen and oxygen atoms in total. The van der Waals surface area contributed by atoms with Gasteiger partial charge in [-0.1, -0.05) is 0 Å². The molecule has 2 heterocycles. The fourth-order valence-electron chi connectivity index (χ4n) is 0.943. The molecular weight excluding hydrogens is 130 g/mol. The minimum absolute atomic E-state index is 0.677. The van der Waals surface area contributed by atoms with Gasteiger partial charge in [0.05, 0.1) is 17.2 Å². The van der Waals surface area contributed by atoms with Gasteiger partial charge in [0.25, 0.3) is 0 Å². The zero-order chi connectivity index (χ0) is 6.97. The number of hydrogen-bond donors (Lipinski definition) is 1. The van der Waals surface area contributed by atoms with Crippen LogP contribution in [0.25, 0.3) is 11.0 Å². The number of nitrogens with zero attached hydrogens (tertiary/aromatic N) is 2. The lowest BCUT2D eigenvalue weighted by Crippen LogP contribution is -1.94. The van der Waals surface area contributed by atoms with Crippen LogP contribution in [0.2, 0.25) is 0 Å². The molecule has 0 radical (unpaired) electrons. The van der Waals surface area contributed by atoms with Crippen LogP contribution in [0.15, 0.2) is 18.5 Å². The summed E-state index contributed by atoms with van der Waals surface area (Å²) in [5.41, 5.74) is 1.70. The fraction of sp³-hybridized carbons (Fsp3) is 0. The summed E-state index contributed by atoms with van der Waals surface area (Å²) in [5, 5.41) is 3.79. The topological polar surface area (TPSA) is 50.7 Å². The SMILES string of the molecule is O=Cn1ncc2[nH]ccc21. The summed E-state index contributed by atoms with van der Waals surface area (Å²) in [6, 6.07) is 1.80. The van der Waals surface area contributed by atoms with E-state index in [2.05, 4.69) is 10.1 Å². The van der Waals surface area contributed by atoms with Gasteiger partial charge in [0.2, 0.25) is 6.41 Å². The molecule has 0 aromatic carbocycles. The number of carbonyl (C=O) groups is 1. The van der Waals surface area contributed by atoms with Crippen LogP contribution in [0.1, 0.15) is 0 Å². The Hall–Kier alpha value is -1.58. The number of rotatable bonds is 1. The van der Waals surface area contributed by atoms with Crippen LogP contribution in [-0.4, -0.2) is 21.2 Å². The quantitative estimate of drug-likeness (QED) is 0.575. The largest absolute Gasteiger partial charge is 0.359 e. The number of H-pyrrole nitrogens is 1. The standard InChI is InChI=1S/C6H5N3O/c10-4-9-6-1-2-7-5(6)3-8-9/h1-4,7H. The lowest BCUT2D eigenvalue weighted by atomic mass is 10.5. The number of hydrogen-bond acceptors (Lipinski definition) is 2. The van der Waals surface area contributed by atoms with Crippen molar-refractivity contribution in [2.45, 2.75) is 0 Å². The van der Waals surface area contributed by atoms with E-state index in [0.29, 0.717) is 6.41 Å². The molecule has 1 N–H and O–H groups in total. The highest BCUT2D eigenvalue weighted by Crippen LogP contribution is 2.07. The van der Waals surface area contributed by atoms with E-state index in [1.807, 2.05) is 0 Å². The molecule has 0 spiro atoms. The monoisotopic (exact) mass is 135 g/mol. The van der Waals surface area contributed by atoms with Crippen molar-refractivity contribution in [1.82, 2.24) is 14.8 Å². The Kier molecular flexibility index (Phi) is 0.887. The molecule has 0 saturated heterocycles. The second-order valence-corrected chi connectivity index (χ2v) is 1.97. The molecular formula is C6H5N3O. The van der Waals surface area contributed by atoms with Crippen LogP contribution in [0.3, 0.4) is 0 Å². The average molecular weight is 135 g/mol. The maximum absolute atomic E-state index is 10.3. The molecule has 10 heavy (non-hydrogen) atoms. The predicted octanol–water partition coefficient (Wildman–Crippen LogP) is 0.403. The van der Waals surface area contributed by atoms with E-state index in [-0.39, 0.29) is 0 Å². The summed E-state index contributed by atoms with van der Waals surface area (Å²) >= 11 is 0. The van der Waals surface area contributed by atoms with E-state index in [1.165, 1.54) is 4.68 Å². The van der Waals surface area contributed by atoms with Gasteiger partial charge in [-0.3, -0.25) is 4.79 Å². The zero-order valence-corrected chi connectivity index (χ0v) is 5.11. The van der Waals surface area contributed by atoms with Crippen LogP contribution < -0.4 is 0 Å². The third-order valence-electron chi connectivity index (χ3n) is 1.41. The molecule has 0 fully saturated rings. The second-order valence-electron chi connectivity index (χ2n) is 1.97. The molecule has 4 heteroatoms. The predicted molar refractivity (Wildman–Crippen MR) is 36.2 cm³/mol. The number of aromatic nitrogens is 3. The molecule has 0 bridgehead atoms. The fourth-order valence-corrected chi connectivity index (χ4v) is 0.943. The lowest BCUT2D eigenvalue weighted by molar-refractivity contribution is 0.542. The van der Waals surface area contributed by atoms with Crippen LogP contribution in [-0.2, 0) is 4.79 Å². The first-order valence-corrected chi connectivity index (χ1v) is 2.88. The molecule has 2 aromatic heterocycles. The Balaban J connectivity index is 2.88. The maximum Gasteiger partial charge on any atom is 0.234 e. The summed E-state index contributed by atoms with van der Waals surface area (Å²) in [6.07, 6.45) is 4.06. The molecule has 2 rings (SSSR count). The van der Waals surface area contributed by atoms with Gasteiger partial charge in [0, 0.05) is 6.20 Å². The Morgan fingerprint density at radius 3 is 3.40 bits per heavy atom. The summed E-state index contributed by atoms with van der Waals surface area (Å²) < 4.78 is 1.28. The number of carbonyl (C=O) groups excluding carboxylic acids is 1. The first kappa shape index (κ1) is 5.22. The minimum Gasteiger partial charge on any atom is -0.359 e. The Morgan fingerprint density at radius 1 is 1.70 bits per heavy atom. The smallest absolute Gasteiger partial charge is 0.234 e. The van der Waals surface area contributed by atoms with E-state index >= 15 is 0 Å². The van der Waals surface area contributed by atoms with Crippen molar-refractivity contribution in [2.24, 2.45) is 0 Å². The van der Waals surface area contributed by atoms with Crippen molar-refractivity contribution in [3.63, 3.8) is 0 Å². The van der Waals surface area contributed by atoms with Crippen molar-refractivity contribution < 1.29 is 4.79 Å². The highest BCUT2D eigenvalue weighted by molar-refractivity contribution is 5.80. The molecule has 2 aromatic rings. The molecule has 0 unspecified atom stereocenters. The van der Waals surface area contributed by atoms with Gasteiger partial charge < -0.3 is 4.98 Å². The number of fused-ring (bicyclic) bond motifs is 1. The molecule has 0 saturated carbocycles. The molecule has 0 aliphatic rings. The van der Waals surface area contributed by atoms with Gasteiger partial charge in [-0.15, -0.1) is 0 Å². The van der Waals surface area contributed by atoms with Crippen molar-refractivity contribution in [3.8, 4) is 0 Å². The van der Waals surface area contributed by atoms with Gasteiger partial charge >= 0.3 is 0 Å². The Morgan fingerprint density at radius 2 is 2.60 bits per heavy atom. The normalized spacial score (nSPS) is 10.4. The van der Waals surface area contributed by atoms with E-state index in [9.17, 15) is 4.79 Å². The minimum atomic E-state index is 0.677. The van der Waals surface area contributed by atoms with Gasteiger partial charge in [0.1, 0.15) is 0 Å². The Bertz CT molecular complexity index is 360. The zero-order valence-electron chi connectivity index (χ0n) is 5.11. The van der Waals surface area contributed by atoms with Gasteiger partial charge in [-0.05, 0) is 6.07 Å². The van der Waals surface area contributed by atoms with Gasteiger partial charge in [-0.2, -0.15) is 5.10 Å². The molecule has 0 atom stereocenters. The summed E-state index contributed by atoms with van der Waals surface area (Å²) in [4.78, 5) is 13.2. The molecule has 50 valence electrons.